The van der Waals surface area contributed by atoms with Crippen LogP contribution in [-0.4, -0.2) is 9.55 Å². The predicted molar refractivity (Wildman–Crippen MR) is 95.7 cm³/mol. The Labute approximate surface area is 145 Å². The number of halogens is 2. The number of aromatic amines is 1. The van der Waals surface area contributed by atoms with Crippen LogP contribution in [0.3, 0.4) is 0 Å². The Morgan fingerprint density at radius 2 is 2.04 bits per heavy atom. The fraction of sp³-hybridized carbons (Fsp3) is 0.125. The molecule has 0 aliphatic heterocycles. The van der Waals surface area contributed by atoms with E-state index in [2.05, 4.69) is 10.9 Å². The van der Waals surface area contributed by atoms with Crippen molar-refractivity contribution in [1.29, 1.82) is 0 Å². The lowest BCUT2D eigenvalue weighted by Crippen LogP contribution is -2.34. The molecule has 0 saturated heterocycles. The summed E-state index contributed by atoms with van der Waals surface area (Å²) in [7, 11) is 0. The van der Waals surface area contributed by atoms with Crippen molar-refractivity contribution < 1.29 is 0 Å². The molecule has 0 saturated carbocycles. The molecule has 0 bridgehead atoms. The number of H-pyrrole nitrogens is 1. The summed E-state index contributed by atoms with van der Waals surface area (Å²) in [6, 6.07) is 5.17. The van der Waals surface area contributed by atoms with Gasteiger partial charge in [-0.25, -0.2) is 9.36 Å². The molecule has 3 aromatic rings. The van der Waals surface area contributed by atoms with E-state index in [-0.39, 0.29) is 6.54 Å². The van der Waals surface area contributed by atoms with Crippen LogP contribution >= 0.6 is 34.5 Å². The first-order chi connectivity index (χ1) is 10.9. The zero-order valence-electron chi connectivity index (χ0n) is 11.9. The lowest BCUT2D eigenvalue weighted by molar-refractivity contribution is 0.743. The summed E-state index contributed by atoms with van der Waals surface area (Å²) < 4.78 is 1.01. The van der Waals surface area contributed by atoms with Gasteiger partial charge in [0.1, 0.15) is 4.83 Å². The summed E-state index contributed by atoms with van der Waals surface area (Å²) in [5.41, 5.74) is 0.574. The Bertz CT molecular complexity index is 1090. The molecule has 0 atom stereocenters. The minimum atomic E-state index is -0.512. The average Bonchev–Trinajstić information content (AvgIpc) is 2.82. The Kier molecular flexibility index (Phi) is 4.07. The van der Waals surface area contributed by atoms with Crippen LogP contribution in [0.5, 0.6) is 0 Å². The number of hydrogen-bond donors (Lipinski definition) is 1. The number of rotatable bonds is 2. The van der Waals surface area contributed by atoms with Crippen molar-refractivity contribution in [2.24, 2.45) is 0 Å². The van der Waals surface area contributed by atoms with Crippen molar-refractivity contribution in [2.75, 3.05) is 0 Å². The molecule has 1 N–H and O–H groups in total. The third kappa shape index (κ3) is 2.59. The van der Waals surface area contributed by atoms with Gasteiger partial charge in [0.2, 0.25) is 0 Å². The van der Waals surface area contributed by atoms with E-state index in [4.69, 9.17) is 29.6 Å². The molecule has 0 aliphatic rings. The van der Waals surface area contributed by atoms with Crippen LogP contribution in [0.4, 0.5) is 0 Å². The molecule has 3 rings (SSSR count). The van der Waals surface area contributed by atoms with Crippen molar-refractivity contribution in [1.82, 2.24) is 9.55 Å². The van der Waals surface area contributed by atoms with Gasteiger partial charge in [0.25, 0.3) is 5.56 Å². The monoisotopic (exact) mass is 364 g/mol. The van der Waals surface area contributed by atoms with Crippen molar-refractivity contribution in [2.45, 2.75) is 13.5 Å². The number of hydrogen-bond acceptors (Lipinski definition) is 3. The van der Waals surface area contributed by atoms with Gasteiger partial charge in [0, 0.05) is 10.4 Å². The first-order valence-electron chi connectivity index (χ1n) is 6.59. The zero-order chi connectivity index (χ0) is 16.7. The third-order valence-corrected chi connectivity index (χ3v) is 5.23. The largest absolute Gasteiger partial charge is 0.330 e. The topological polar surface area (TPSA) is 54.9 Å². The molecule has 0 unspecified atom stereocenters. The summed E-state index contributed by atoms with van der Waals surface area (Å²) in [6.07, 6.45) is 5.24. The van der Waals surface area contributed by atoms with Crippen molar-refractivity contribution in [3.63, 3.8) is 0 Å². The summed E-state index contributed by atoms with van der Waals surface area (Å²) in [5.74, 6) is 2.32. The summed E-state index contributed by atoms with van der Waals surface area (Å²) in [6.45, 7) is 1.80. The van der Waals surface area contributed by atoms with Crippen LogP contribution in [0.15, 0.2) is 27.8 Å². The van der Waals surface area contributed by atoms with Gasteiger partial charge in [-0.05, 0) is 24.6 Å². The Balaban J connectivity index is 2.42. The standard InChI is InChI=1S/C16H10Cl2N2O2S/c1-3-6-20-15(21)13-12(8(2)23-14(13)19-16(20)22)9-4-5-10(17)11(18)7-9/h1,4-5,7H,6H2,2H3,(H,19,22). The lowest BCUT2D eigenvalue weighted by atomic mass is 10.0. The minimum absolute atomic E-state index is 0.0835. The second-order valence-electron chi connectivity index (χ2n) is 4.89. The van der Waals surface area contributed by atoms with E-state index >= 15 is 0 Å². The maximum absolute atomic E-state index is 12.7. The molecule has 116 valence electrons. The van der Waals surface area contributed by atoms with Gasteiger partial charge in [-0.2, -0.15) is 0 Å². The fourth-order valence-corrected chi connectivity index (χ4v) is 3.82. The second-order valence-corrected chi connectivity index (χ2v) is 6.93. The highest BCUT2D eigenvalue weighted by Crippen LogP contribution is 2.37. The number of nitrogens with zero attached hydrogens (tertiary/aromatic N) is 1. The molecular weight excluding hydrogens is 355 g/mol. The maximum Gasteiger partial charge on any atom is 0.330 e. The summed E-state index contributed by atoms with van der Waals surface area (Å²) in [5, 5.41) is 1.27. The molecule has 0 radical (unpaired) electrons. The summed E-state index contributed by atoms with van der Waals surface area (Å²) >= 11 is 13.4. The molecule has 2 heterocycles. The summed E-state index contributed by atoms with van der Waals surface area (Å²) in [4.78, 5) is 28.8. The second kappa shape index (κ2) is 5.89. The smallest absolute Gasteiger partial charge is 0.298 e. The van der Waals surface area contributed by atoms with Gasteiger partial charge in [-0.1, -0.05) is 35.2 Å². The zero-order valence-corrected chi connectivity index (χ0v) is 14.3. The van der Waals surface area contributed by atoms with Crippen LogP contribution in [0.2, 0.25) is 10.0 Å². The Hall–Kier alpha value is -2.00. The van der Waals surface area contributed by atoms with Crippen LogP contribution < -0.4 is 11.2 Å². The van der Waals surface area contributed by atoms with Crippen LogP contribution in [0.25, 0.3) is 21.3 Å². The molecular formula is C16H10Cl2N2O2S. The van der Waals surface area contributed by atoms with Crippen LogP contribution in [-0.2, 0) is 6.54 Å². The van der Waals surface area contributed by atoms with Crippen molar-refractivity contribution in [3.05, 3.63) is 54.0 Å². The van der Waals surface area contributed by atoms with Crippen LogP contribution in [0, 0.1) is 19.3 Å². The average molecular weight is 365 g/mol. The number of benzene rings is 1. The van der Waals surface area contributed by atoms with E-state index in [0.717, 1.165) is 20.6 Å². The maximum atomic E-state index is 12.7. The van der Waals surface area contributed by atoms with Gasteiger partial charge in [0.15, 0.2) is 0 Å². The van der Waals surface area contributed by atoms with Crippen LogP contribution in [0.1, 0.15) is 4.88 Å². The van der Waals surface area contributed by atoms with Crippen molar-refractivity contribution >= 4 is 44.8 Å². The van der Waals surface area contributed by atoms with E-state index < -0.39 is 11.2 Å². The molecule has 23 heavy (non-hydrogen) atoms. The van der Waals surface area contributed by atoms with E-state index in [1.807, 2.05) is 6.92 Å². The third-order valence-electron chi connectivity index (χ3n) is 3.47. The SMILES string of the molecule is C#CCn1c(=O)[nH]c2sc(C)c(-c3ccc(Cl)c(Cl)c3)c2c1=O. The van der Waals surface area contributed by atoms with Gasteiger partial charge in [-0.3, -0.25) is 9.78 Å². The first-order valence-corrected chi connectivity index (χ1v) is 8.16. The number of fused-ring (bicyclic) bond motifs is 1. The van der Waals surface area contributed by atoms with Gasteiger partial charge < -0.3 is 0 Å². The molecule has 1 aromatic carbocycles. The molecule has 4 nitrogen and oxygen atoms in total. The predicted octanol–water partition coefficient (Wildman–Crippen LogP) is 3.67. The van der Waals surface area contributed by atoms with E-state index in [0.29, 0.717) is 20.3 Å². The number of aryl methyl sites for hydroxylation is 1. The molecule has 0 fully saturated rings. The normalized spacial score (nSPS) is 10.9. The Morgan fingerprint density at radius 1 is 1.30 bits per heavy atom. The van der Waals surface area contributed by atoms with E-state index in [9.17, 15) is 9.59 Å². The molecule has 7 heteroatoms. The van der Waals surface area contributed by atoms with E-state index in [1.54, 1.807) is 18.2 Å². The number of terminal acetylenes is 1. The highest BCUT2D eigenvalue weighted by Gasteiger charge is 2.18. The lowest BCUT2D eigenvalue weighted by Gasteiger charge is -2.05. The molecule has 2 aromatic heterocycles. The molecule has 0 spiro atoms. The molecule has 0 aliphatic carbocycles. The van der Waals surface area contributed by atoms with E-state index in [1.165, 1.54) is 11.3 Å². The molecule has 0 amide bonds. The van der Waals surface area contributed by atoms with Gasteiger partial charge in [-0.15, -0.1) is 17.8 Å². The first kappa shape index (κ1) is 15.9. The highest BCUT2D eigenvalue weighted by molar-refractivity contribution is 7.19. The van der Waals surface area contributed by atoms with Crippen molar-refractivity contribution in [3.8, 4) is 23.5 Å². The number of aromatic nitrogens is 2. The van der Waals surface area contributed by atoms with Gasteiger partial charge >= 0.3 is 5.69 Å². The number of thiophene rings is 1. The van der Waals surface area contributed by atoms with Gasteiger partial charge in [0.05, 0.1) is 22.0 Å². The Morgan fingerprint density at radius 3 is 2.70 bits per heavy atom. The fourth-order valence-electron chi connectivity index (χ4n) is 2.46. The quantitative estimate of drug-likeness (QED) is 0.705. The highest BCUT2D eigenvalue weighted by atomic mass is 35.5. The minimum Gasteiger partial charge on any atom is -0.298 e. The number of nitrogens with one attached hydrogen (secondary N) is 1.